The number of aromatic nitrogens is 1. The Balaban J connectivity index is 2.15. The SMILES string of the molecule is Cc1sc(NC(=O)c2ccc(Cl)cc2)nc1C=O. The van der Waals surface area contributed by atoms with Gasteiger partial charge < -0.3 is 0 Å². The van der Waals surface area contributed by atoms with E-state index in [0.29, 0.717) is 27.7 Å². The van der Waals surface area contributed by atoms with Crippen LogP contribution in [0.4, 0.5) is 5.13 Å². The average Bonchev–Trinajstić information content (AvgIpc) is 2.70. The van der Waals surface area contributed by atoms with Crippen LogP contribution in [0.3, 0.4) is 0 Å². The molecule has 4 nitrogen and oxygen atoms in total. The Labute approximate surface area is 113 Å². The number of benzene rings is 1. The minimum absolute atomic E-state index is 0.280. The van der Waals surface area contributed by atoms with Crippen LogP contribution in [0.15, 0.2) is 24.3 Å². The van der Waals surface area contributed by atoms with Gasteiger partial charge in [-0.25, -0.2) is 4.98 Å². The summed E-state index contributed by atoms with van der Waals surface area (Å²) in [5.41, 5.74) is 0.839. The molecule has 2 rings (SSSR count). The summed E-state index contributed by atoms with van der Waals surface area (Å²) in [6.45, 7) is 1.78. The van der Waals surface area contributed by atoms with Crippen molar-refractivity contribution in [2.24, 2.45) is 0 Å². The molecule has 0 radical (unpaired) electrons. The molecule has 0 aliphatic heterocycles. The van der Waals surface area contributed by atoms with Gasteiger partial charge in [0.2, 0.25) is 0 Å². The van der Waals surface area contributed by atoms with Gasteiger partial charge in [0.05, 0.1) is 0 Å². The first-order chi connectivity index (χ1) is 8.60. The van der Waals surface area contributed by atoms with E-state index in [9.17, 15) is 9.59 Å². The Morgan fingerprint density at radius 1 is 1.39 bits per heavy atom. The number of nitrogens with zero attached hydrogens (tertiary/aromatic N) is 1. The minimum atomic E-state index is -0.280. The molecule has 0 atom stereocenters. The second-order valence-electron chi connectivity index (χ2n) is 3.54. The molecule has 92 valence electrons. The molecule has 0 spiro atoms. The van der Waals surface area contributed by atoms with E-state index < -0.39 is 0 Å². The molecule has 2 aromatic rings. The Hall–Kier alpha value is -1.72. The van der Waals surface area contributed by atoms with Crippen molar-refractivity contribution in [2.45, 2.75) is 6.92 Å². The minimum Gasteiger partial charge on any atom is -0.298 e. The van der Waals surface area contributed by atoms with Crippen LogP contribution in [0.2, 0.25) is 5.02 Å². The van der Waals surface area contributed by atoms with Gasteiger partial charge in [-0.15, -0.1) is 11.3 Å². The van der Waals surface area contributed by atoms with Crippen molar-refractivity contribution in [2.75, 3.05) is 5.32 Å². The van der Waals surface area contributed by atoms with Gasteiger partial charge in [-0.3, -0.25) is 14.9 Å². The summed E-state index contributed by atoms with van der Waals surface area (Å²) in [6.07, 6.45) is 0.670. The predicted molar refractivity (Wildman–Crippen MR) is 71.6 cm³/mol. The molecule has 1 aromatic heterocycles. The summed E-state index contributed by atoms with van der Waals surface area (Å²) < 4.78 is 0. The van der Waals surface area contributed by atoms with Crippen molar-refractivity contribution >= 4 is 40.3 Å². The molecule has 1 amide bonds. The van der Waals surface area contributed by atoms with Crippen molar-refractivity contribution in [3.63, 3.8) is 0 Å². The molecule has 6 heteroatoms. The van der Waals surface area contributed by atoms with Gasteiger partial charge in [0.25, 0.3) is 5.91 Å². The van der Waals surface area contributed by atoms with Crippen molar-refractivity contribution in [3.8, 4) is 0 Å². The van der Waals surface area contributed by atoms with Crippen molar-refractivity contribution < 1.29 is 9.59 Å². The maximum atomic E-state index is 11.9. The van der Waals surface area contributed by atoms with E-state index in [4.69, 9.17) is 11.6 Å². The molecule has 0 aliphatic carbocycles. The molecule has 1 N–H and O–H groups in total. The van der Waals surface area contributed by atoms with E-state index in [1.165, 1.54) is 11.3 Å². The van der Waals surface area contributed by atoms with Crippen molar-refractivity contribution in [3.05, 3.63) is 45.4 Å². The van der Waals surface area contributed by atoms with Crippen LogP contribution in [-0.4, -0.2) is 17.2 Å². The summed E-state index contributed by atoms with van der Waals surface area (Å²) in [6, 6.07) is 6.53. The lowest BCUT2D eigenvalue weighted by Crippen LogP contribution is -2.11. The topological polar surface area (TPSA) is 59.1 Å². The first kappa shape index (κ1) is 12.7. The average molecular weight is 281 g/mol. The van der Waals surface area contributed by atoms with Gasteiger partial charge in [0, 0.05) is 15.5 Å². The van der Waals surface area contributed by atoms with Gasteiger partial charge in [-0.1, -0.05) is 11.6 Å². The molecule has 0 unspecified atom stereocenters. The van der Waals surface area contributed by atoms with Gasteiger partial charge >= 0.3 is 0 Å². The third-order valence-corrected chi connectivity index (χ3v) is 3.42. The quantitative estimate of drug-likeness (QED) is 0.879. The number of hydrogen-bond donors (Lipinski definition) is 1. The summed E-state index contributed by atoms with van der Waals surface area (Å²) in [5.74, 6) is -0.280. The predicted octanol–water partition coefficient (Wildman–Crippen LogP) is 3.17. The molecule has 1 heterocycles. The number of rotatable bonds is 3. The summed E-state index contributed by atoms with van der Waals surface area (Å²) in [5, 5.41) is 3.62. The highest BCUT2D eigenvalue weighted by Crippen LogP contribution is 2.21. The lowest BCUT2D eigenvalue weighted by molar-refractivity contribution is 0.102. The third kappa shape index (κ3) is 2.75. The van der Waals surface area contributed by atoms with E-state index in [1.807, 2.05) is 0 Å². The fourth-order valence-corrected chi connectivity index (χ4v) is 2.24. The lowest BCUT2D eigenvalue weighted by atomic mass is 10.2. The molecular formula is C12H9ClN2O2S. The zero-order valence-corrected chi connectivity index (χ0v) is 11.0. The van der Waals surface area contributed by atoms with Gasteiger partial charge in [-0.05, 0) is 31.2 Å². The van der Waals surface area contributed by atoms with Crippen LogP contribution in [0.5, 0.6) is 0 Å². The van der Waals surface area contributed by atoms with Crippen LogP contribution < -0.4 is 5.32 Å². The second kappa shape index (κ2) is 5.29. The smallest absolute Gasteiger partial charge is 0.257 e. The highest BCUT2D eigenvalue weighted by molar-refractivity contribution is 7.16. The lowest BCUT2D eigenvalue weighted by Gasteiger charge is -2.01. The molecule has 0 aliphatic rings. The summed E-state index contributed by atoms with van der Waals surface area (Å²) in [7, 11) is 0. The number of carbonyl (C=O) groups is 2. The van der Waals surface area contributed by atoms with Gasteiger partial charge in [0.1, 0.15) is 5.69 Å². The first-order valence-electron chi connectivity index (χ1n) is 5.09. The first-order valence-corrected chi connectivity index (χ1v) is 6.29. The number of aldehydes is 1. The van der Waals surface area contributed by atoms with Crippen LogP contribution in [0.1, 0.15) is 25.7 Å². The number of thiazole rings is 1. The largest absolute Gasteiger partial charge is 0.298 e. The maximum absolute atomic E-state index is 11.9. The number of halogens is 1. The molecule has 0 bridgehead atoms. The third-order valence-electron chi connectivity index (χ3n) is 2.27. The second-order valence-corrected chi connectivity index (χ2v) is 5.18. The van der Waals surface area contributed by atoms with Crippen LogP contribution in [0, 0.1) is 6.92 Å². The molecule has 1 aromatic carbocycles. The van der Waals surface area contributed by atoms with Crippen molar-refractivity contribution in [1.82, 2.24) is 4.98 Å². The molecule has 0 saturated carbocycles. The fraction of sp³-hybridized carbons (Fsp3) is 0.0833. The fourth-order valence-electron chi connectivity index (χ4n) is 1.34. The number of anilines is 1. The standard InChI is InChI=1S/C12H9ClN2O2S/c1-7-10(6-16)14-12(18-7)15-11(17)8-2-4-9(13)5-3-8/h2-6H,1H3,(H,14,15,17). The number of nitrogens with one attached hydrogen (secondary N) is 1. The van der Waals surface area contributed by atoms with E-state index >= 15 is 0 Å². The van der Waals surface area contributed by atoms with E-state index in [0.717, 1.165) is 4.88 Å². The zero-order chi connectivity index (χ0) is 13.1. The summed E-state index contributed by atoms with van der Waals surface area (Å²) >= 11 is 7.00. The Morgan fingerprint density at radius 3 is 2.61 bits per heavy atom. The molecule has 18 heavy (non-hydrogen) atoms. The highest BCUT2D eigenvalue weighted by Gasteiger charge is 2.11. The Bertz CT molecular complexity index is 593. The Morgan fingerprint density at radius 2 is 2.06 bits per heavy atom. The van der Waals surface area contributed by atoms with Crippen LogP contribution in [-0.2, 0) is 0 Å². The van der Waals surface area contributed by atoms with Gasteiger partial charge in [0.15, 0.2) is 11.4 Å². The van der Waals surface area contributed by atoms with E-state index in [2.05, 4.69) is 10.3 Å². The van der Waals surface area contributed by atoms with Crippen LogP contribution >= 0.6 is 22.9 Å². The normalized spacial score (nSPS) is 10.1. The highest BCUT2D eigenvalue weighted by atomic mass is 35.5. The van der Waals surface area contributed by atoms with E-state index in [-0.39, 0.29) is 5.91 Å². The molecular weight excluding hydrogens is 272 g/mol. The number of hydrogen-bond acceptors (Lipinski definition) is 4. The van der Waals surface area contributed by atoms with Gasteiger partial charge in [-0.2, -0.15) is 0 Å². The molecule has 0 saturated heterocycles. The maximum Gasteiger partial charge on any atom is 0.257 e. The Kier molecular flexibility index (Phi) is 3.74. The molecule has 0 fully saturated rings. The number of aryl methyl sites for hydroxylation is 1. The number of carbonyl (C=O) groups excluding carboxylic acids is 2. The van der Waals surface area contributed by atoms with E-state index in [1.54, 1.807) is 31.2 Å². The summed E-state index contributed by atoms with van der Waals surface area (Å²) in [4.78, 5) is 27.3. The van der Waals surface area contributed by atoms with Crippen LogP contribution in [0.25, 0.3) is 0 Å². The zero-order valence-electron chi connectivity index (χ0n) is 9.44. The van der Waals surface area contributed by atoms with Crippen molar-refractivity contribution in [1.29, 1.82) is 0 Å². The monoisotopic (exact) mass is 280 g/mol. The number of amides is 1.